The number of nitrogens with zero attached hydrogens (tertiary/aromatic N) is 1. The monoisotopic (exact) mass is 465 g/mol. The molecule has 2 aliphatic rings. The van der Waals surface area contributed by atoms with E-state index in [-0.39, 0.29) is 29.7 Å². The number of hydrogen-bond donors (Lipinski definition) is 2. The van der Waals surface area contributed by atoms with Crippen molar-refractivity contribution in [1.29, 1.82) is 0 Å². The first kappa shape index (κ1) is 23.0. The number of nitrogens with one attached hydrogen (secondary N) is 2. The van der Waals surface area contributed by atoms with Gasteiger partial charge in [0.05, 0.1) is 11.1 Å². The van der Waals surface area contributed by atoms with Crippen LogP contribution in [0.25, 0.3) is 0 Å². The van der Waals surface area contributed by atoms with Crippen LogP contribution in [0.15, 0.2) is 42.5 Å². The lowest BCUT2D eigenvalue weighted by molar-refractivity contribution is -0.136. The second kappa shape index (κ2) is 8.62. The topological polar surface area (TPSA) is 131 Å². The minimum atomic E-state index is -1.07. The van der Waals surface area contributed by atoms with Gasteiger partial charge in [-0.2, -0.15) is 0 Å². The van der Waals surface area contributed by atoms with Gasteiger partial charge in [-0.05, 0) is 51.5 Å². The van der Waals surface area contributed by atoms with Gasteiger partial charge in [-0.1, -0.05) is 12.1 Å². The lowest BCUT2D eigenvalue weighted by atomic mass is 10.0. The summed E-state index contributed by atoms with van der Waals surface area (Å²) in [6.07, 6.45) is -0.541. The molecule has 2 N–H and O–H groups in total. The van der Waals surface area contributed by atoms with E-state index in [1.807, 2.05) is 0 Å². The highest BCUT2D eigenvalue weighted by atomic mass is 16.6. The van der Waals surface area contributed by atoms with Crippen LogP contribution in [0, 0.1) is 0 Å². The van der Waals surface area contributed by atoms with Crippen molar-refractivity contribution in [1.82, 2.24) is 10.2 Å². The highest BCUT2D eigenvalue weighted by Crippen LogP contribution is 2.36. The van der Waals surface area contributed by atoms with Crippen molar-refractivity contribution in [3.63, 3.8) is 0 Å². The zero-order valence-electron chi connectivity index (χ0n) is 18.8. The molecule has 1 atom stereocenters. The van der Waals surface area contributed by atoms with Crippen molar-refractivity contribution < 1.29 is 33.4 Å². The molecular weight excluding hydrogens is 442 g/mol. The van der Waals surface area contributed by atoms with E-state index in [2.05, 4.69) is 10.6 Å². The molecule has 0 bridgehead atoms. The Morgan fingerprint density at radius 1 is 1.06 bits per heavy atom. The van der Waals surface area contributed by atoms with Crippen molar-refractivity contribution in [3.05, 3.63) is 53.6 Å². The van der Waals surface area contributed by atoms with Gasteiger partial charge in [0.1, 0.15) is 23.1 Å². The first-order valence-electron chi connectivity index (χ1n) is 10.7. The largest absolute Gasteiger partial charge is 0.456 e. The third-order valence-corrected chi connectivity index (χ3v) is 5.14. The Bertz CT molecular complexity index is 1220. The molecule has 4 rings (SSSR count). The van der Waals surface area contributed by atoms with Crippen molar-refractivity contribution in [2.24, 2.45) is 0 Å². The smallest absolute Gasteiger partial charge is 0.412 e. The molecule has 0 aromatic heterocycles. The van der Waals surface area contributed by atoms with Crippen LogP contribution in [-0.2, 0) is 14.3 Å². The number of piperidine rings is 1. The van der Waals surface area contributed by atoms with E-state index in [1.54, 1.807) is 51.1 Å². The molecule has 10 heteroatoms. The molecule has 1 saturated heterocycles. The van der Waals surface area contributed by atoms with Crippen LogP contribution in [0.5, 0.6) is 11.5 Å². The van der Waals surface area contributed by atoms with Gasteiger partial charge in [0, 0.05) is 18.2 Å². The Balaban J connectivity index is 1.56. The average molecular weight is 465 g/mol. The van der Waals surface area contributed by atoms with Gasteiger partial charge in [-0.15, -0.1) is 0 Å². The number of rotatable bonds is 4. The molecule has 10 nitrogen and oxygen atoms in total. The first-order valence-corrected chi connectivity index (χ1v) is 10.7. The summed E-state index contributed by atoms with van der Waals surface area (Å²) in [7, 11) is 0. The van der Waals surface area contributed by atoms with E-state index in [0.717, 1.165) is 4.90 Å². The highest BCUT2D eigenvalue weighted by molar-refractivity contribution is 6.24. The summed E-state index contributed by atoms with van der Waals surface area (Å²) in [5.74, 6) is -1.99. The van der Waals surface area contributed by atoms with Crippen molar-refractivity contribution in [2.75, 3.05) is 5.32 Å². The Morgan fingerprint density at radius 3 is 2.50 bits per heavy atom. The van der Waals surface area contributed by atoms with E-state index in [1.165, 1.54) is 12.1 Å². The lowest BCUT2D eigenvalue weighted by Gasteiger charge is -2.27. The molecule has 34 heavy (non-hydrogen) atoms. The molecule has 2 aromatic carbocycles. The predicted octanol–water partition coefficient (Wildman–Crippen LogP) is 3.23. The van der Waals surface area contributed by atoms with Crippen LogP contribution >= 0.6 is 0 Å². The third kappa shape index (κ3) is 4.61. The van der Waals surface area contributed by atoms with Gasteiger partial charge >= 0.3 is 6.09 Å². The minimum Gasteiger partial charge on any atom is -0.456 e. The van der Waals surface area contributed by atoms with Crippen LogP contribution in [0.3, 0.4) is 0 Å². The van der Waals surface area contributed by atoms with Crippen molar-refractivity contribution in [3.8, 4) is 11.5 Å². The van der Waals surface area contributed by atoms with Gasteiger partial charge < -0.3 is 9.47 Å². The normalized spacial score (nSPS) is 17.9. The fourth-order valence-electron chi connectivity index (χ4n) is 3.75. The van der Waals surface area contributed by atoms with Crippen molar-refractivity contribution in [2.45, 2.75) is 45.3 Å². The summed E-state index contributed by atoms with van der Waals surface area (Å²) in [5, 5.41) is 4.77. The molecule has 0 radical (unpaired) electrons. The van der Waals surface area contributed by atoms with Crippen LogP contribution in [-0.4, -0.2) is 46.3 Å². The second-order valence-corrected chi connectivity index (χ2v) is 8.88. The summed E-state index contributed by atoms with van der Waals surface area (Å²) >= 11 is 0. The number of carbonyl (C=O) groups is 5. The molecule has 0 aliphatic carbocycles. The summed E-state index contributed by atoms with van der Waals surface area (Å²) in [5.41, 5.74) is -0.116. The van der Waals surface area contributed by atoms with Gasteiger partial charge in [-0.3, -0.25) is 34.7 Å². The van der Waals surface area contributed by atoms with Crippen LogP contribution in [0.1, 0.15) is 54.3 Å². The predicted molar refractivity (Wildman–Crippen MR) is 119 cm³/mol. The molecule has 0 saturated carbocycles. The summed E-state index contributed by atoms with van der Waals surface area (Å²) in [6.45, 7) is 5.25. The fraction of sp³-hybridized carbons (Fsp3) is 0.292. The van der Waals surface area contributed by atoms with Crippen LogP contribution in [0.4, 0.5) is 10.5 Å². The third-order valence-electron chi connectivity index (χ3n) is 5.14. The van der Waals surface area contributed by atoms with Crippen molar-refractivity contribution >= 4 is 35.4 Å². The fourth-order valence-corrected chi connectivity index (χ4v) is 3.75. The molecule has 2 aromatic rings. The Morgan fingerprint density at radius 2 is 1.79 bits per heavy atom. The molecule has 2 aliphatic heterocycles. The van der Waals surface area contributed by atoms with Crippen LogP contribution in [0.2, 0.25) is 0 Å². The van der Waals surface area contributed by atoms with Gasteiger partial charge in [0.15, 0.2) is 0 Å². The zero-order chi connectivity index (χ0) is 24.6. The van der Waals surface area contributed by atoms with E-state index < -0.39 is 41.4 Å². The van der Waals surface area contributed by atoms with Crippen LogP contribution < -0.4 is 15.4 Å². The van der Waals surface area contributed by atoms with Gasteiger partial charge in [0.2, 0.25) is 11.8 Å². The molecule has 0 spiro atoms. The Hall–Kier alpha value is -4.21. The Labute approximate surface area is 195 Å². The number of benzene rings is 2. The molecule has 2 heterocycles. The SMILES string of the molecule is CC(C)(C)OC(=O)Nc1cccc(Oc2cccc3c2C(=O)N(C2CCC(=O)NC2=O)C3=O)c1. The number of anilines is 1. The summed E-state index contributed by atoms with van der Waals surface area (Å²) < 4.78 is 11.1. The zero-order valence-corrected chi connectivity index (χ0v) is 18.8. The molecule has 5 amide bonds. The molecule has 1 unspecified atom stereocenters. The summed E-state index contributed by atoms with van der Waals surface area (Å²) in [6, 6.07) is 9.97. The van der Waals surface area contributed by atoms with E-state index in [4.69, 9.17) is 9.47 Å². The lowest BCUT2D eigenvalue weighted by Crippen LogP contribution is -2.54. The number of hydrogen-bond acceptors (Lipinski definition) is 7. The second-order valence-electron chi connectivity index (χ2n) is 8.88. The number of carbonyl (C=O) groups excluding carboxylic acids is 5. The number of fused-ring (bicyclic) bond motifs is 1. The molecule has 176 valence electrons. The number of imide groups is 2. The quantitative estimate of drug-likeness (QED) is 0.663. The first-order chi connectivity index (χ1) is 16.0. The molecular formula is C24H23N3O7. The van der Waals surface area contributed by atoms with E-state index in [0.29, 0.717) is 11.4 Å². The standard InChI is InChI=1S/C24H23N3O7/c1-24(2,3)34-23(32)25-13-6-4-7-14(12-13)33-17-9-5-8-15-19(17)22(31)27(21(15)30)16-10-11-18(28)26-20(16)29/h4-9,12,16H,10-11H2,1-3H3,(H,25,32)(H,26,28,29). The summed E-state index contributed by atoms with van der Waals surface area (Å²) in [4.78, 5) is 62.8. The van der Waals surface area contributed by atoms with E-state index >= 15 is 0 Å². The Kier molecular flexibility index (Phi) is 5.82. The van der Waals surface area contributed by atoms with E-state index in [9.17, 15) is 24.0 Å². The van der Waals surface area contributed by atoms with Gasteiger partial charge in [-0.25, -0.2) is 4.79 Å². The van der Waals surface area contributed by atoms with Gasteiger partial charge in [0.25, 0.3) is 11.8 Å². The minimum absolute atomic E-state index is 0.0303. The maximum atomic E-state index is 13.2. The molecule has 1 fully saturated rings. The maximum absolute atomic E-state index is 13.2. The average Bonchev–Trinajstić information content (AvgIpc) is 2.98. The highest BCUT2D eigenvalue weighted by Gasteiger charge is 2.46. The number of ether oxygens (including phenoxy) is 2. The maximum Gasteiger partial charge on any atom is 0.412 e. The number of amides is 5.